The Morgan fingerprint density at radius 3 is 2.40 bits per heavy atom. The van der Waals surface area contributed by atoms with Crippen LogP contribution in [0.2, 0.25) is 0 Å². The van der Waals surface area contributed by atoms with Gasteiger partial charge in [-0.2, -0.15) is 0 Å². The van der Waals surface area contributed by atoms with E-state index in [0.717, 1.165) is 12.8 Å². The molecule has 0 unspecified atom stereocenters. The van der Waals surface area contributed by atoms with Crippen LogP contribution in [-0.2, 0) is 0 Å². The number of nitro groups is 1. The molecule has 0 radical (unpaired) electrons. The molecule has 1 aromatic carbocycles. The number of anilines is 1. The molecular formula is C16H16N4O5. The van der Waals surface area contributed by atoms with Gasteiger partial charge in [0.2, 0.25) is 0 Å². The van der Waals surface area contributed by atoms with Crippen molar-refractivity contribution in [2.45, 2.75) is 18.9 Å². The lowest BCUT2D eigenvalue weighted by atomic mass is 10.1. The van der Waals surface area contributed by atoms with Gasteiger partial charge in [-0.1, -0.05) is 0 Å². The van der Waals surface area contributed by atoms with E-state index in [1.807, 2.05) is 4.90 Å². The van der Waals surface area contributed by atoms with Crippen LogP contribution >= 0.6 is 0 Å². The Hall–Kier alpha value is -3.23. The topological polar surface area (TPSA) is 119 Å². The van der Waals surface area contributed by atoms with Gasteiger partial charge in [-0.3, -0.25) is 10.1 Å². The van der Waals surface area contributed by atoms with E-state index in [-0.39, 0.29) is 17.5 Å². The summed E-state index contributed by atoms with van der Waals surface area (Å²) in [5.41, 5.74) is -0.0503. The van der Waals surface area contributed by atoms with E-state index < -0.39 is 10.9 Å². The van der Waals surface area contributed by atoms with Crippen LogP contribution in [0.15, 0.2) is 36.7 Å². The molecule has 0 atom stereocenters. The molecule has 1 N–H and O–H groups in total. The molecule has 0 bridgehead atoms. The normalized spacial score (nSPS) is 15.0. The van der Waals surface area contributed by atoms with E-state index in [9.17, 15) is 14.9 Å². The van der Waals surface area contributed by atoms with Crippen LogP contribution < -0.4 is 9.64 Å². The molecule has 1 aromatic heterocycles. The molecule has 0 saturated carbocycles. The fourth-order valence-corrected chi connectivity index (χ4v) is 2.64. The summed E-state index contributed by atoms with van der Waals surface area (Å²) in [6, 6.07) is 6.04. The van der Waals surface area contributed by atoms with E-state index in [1.54, 1.807) is 12.1 Å². The van der Waals surface area contributed by atoms with Crippen molar-refractivity contribution in [1.29, 1.82) is 0 Å². The first-order valence-electron chi connectivity index (χ1n) is 7.74. The number of ether oxygens (including phenoxy) is 1. The number of non-ortho nitro benzene ring substituents is 1. The molecule has 3 rings (SSSR count). The third-order valence-electron chi connectivity index (χ3n) is 3.97. The molecule has 25 heavy (non-hydrogen) atoms. The zero-order chi connectivity index (χ0) is 17.8. The molecular weight excluding hydrogens is 328 g/mol. The van der Waals surface area contributed by atoms with Crippen molar-refractivity contribution in [3.05, 3.63) is 52.5 Å². The van der Waals surface area contributed by atoms with Gasteiger partial charge in [0.25, 0.3) is 5.69 Å². The van der Waals surface area contributed by atoms with Gasteiger partial charge < -0.3 is 14.7 Å². The lowest BCUT2D eigenvalue weighted by Crippen LogP contribution is -2.38. The zero-order valence-electron chi connectivity index (χ0n) is 13.2. The Morgan fingerprint density at radius 2 is 1.88 bits per heavy atom. The molecule has 0 aliphatic carbocycles. The van der Waals surface area contributed by atoms with Crippen LogP contribution in [0, 0.1) is 10.1 Å². The van der Waals surface area contributed by atoms with E-state index in [4.69, 9.17) is 9.84 Å². The molecule has 0 spiro atoms. The first kappa shape index (κ1) is 16.6. The smallest absolute Gasteiger partial charge is 0.356 e. The van der Waals surface area contributed by atoms with Crippen molar-refractivity contribution in [2.24, 2.45) is 0 Å². The number of carboxylic acids is 1. The minimum Gasteiger partial charge on any atom is -0.490 e. The summed E-state index contributed by atoms with van der Waals surface area (Å²) in [5, 5.41) is 19.5. The number of nitrogens with zero attached hydrogens (tertiary/aromatic N) is 4. The molecule has 1 aliphatic rings. The van der Waals surface area contributed by atoms with Gasteiger partial charge in [-0.25, -0.2) is 14.8 Å². The molecule has 1 aliphatic heterocycles. The largest absolute Gasteiger partial charge is 0.490 e. The average Bonchev–Trinajstić information content (AvgIpc) is 2.63. The summed E-state index contributed by atoms with van der Waals surface area (Å²) in [5.74, 6) is 0.141. The second kappa shape index (κ2) is 7.12. The highest BCUT2D eigenvalue weighted by Gasteiger charge is 2.22. The number of carbonyl (C=O) groups is 1. The summed E-state index contributed by atoms with van der Waals surface area (Å²) in [6.45, 7) is 1.41. The van der Waals surface area contributed by atoms with E-state index in [1.165, 1.54) is 24.5 Å². The number of aromatic nitrogens is 2. The maximum absolute atomic E-state index is 10.8. The van der Waals surface area contributed by atoms with Crippen LogP contribution in [0.5, 0.6) is 5.75 Å². The predicted molar refractivity (Wildman–Crippen MR) is 88.0 cm³/mol. The van der Waals surface area contributed by atoms with Crippen molar-refractivity contribution >= 4 is 17.5 Å². The maximum Gasteiger partial charge on any atom is 0.356 e. The van der Waals surface area contributed by atoms with Crippen LogP contribution in [0.4, 0.5) is 11.5 Å². The lowest BCUT2D eigenvalue weighted by Gasteiger charge is -2.32. The van der Waals surface area contributed by atoms with Gasteiger partial charge in [-0.15, -0.1) is 0 Å². The molecule has 9 heteroatoms. The number of aromatic carboxylic acids is 1. The predicted octanol–water partition coefficient (Wildman–Crippen LogP) is 2.13. The summed E-state index contributed by atoms with van der Waals surface area (Å²) in [7, 11) is 0. The zero-order valence-corrected chi connectivity index (χ0v) is 13.2. The van der Waals surface area contributed by atoms with Gasteiger partial charge in [-0.05, 0) is 12.1 Å². The maximum atomic E-state index is 10.8. The van der Waals surface area contributed by atoms with Crippen LogP contribution in [0.1, 0.15) is 23.3 Å². The minimum absolute atomic E-state index is 0.0176. The van der Waals surface area contributed by atoms with Crippen molar-refractivity contribution in [1.82, 2.24) is 9.97 Å². The van der Waals surface area contributed by atoms with E-state index in [2.05, 4.69) is 9.97 Å². The second-order valence-electron chi connectivity index (χ2n) is 5.62. The minimum atomic E-state index is -1.10. The first-order chi connectivity index (χ1) is 12.0. The summed E-state index contributed by atoms with van der Waals surface area (Å²) in [4.78, 5) is 31.0. The van der Waals surface area contributed by atoms with Crippen LogP contribution in [0.3, 0.4) is 0 Å². The number of carboxylic acid groups (broad SMARTS) is 1. The van der Waals surface area contributed by atoms with Crippen molar-refractivity contribution in [2.75, 3.05) is 18.0 Å². The molecule has 2 heterocycles. The van der Waals surface area contributed by atoms with Gasteiger partial charge in [0.05, 0.1) is 17.3 Å². The highest BCUT2D eigenvalue weighted by Crippen LogP contribution is 2.23. The van der Waals surface area contributed by atoms with Crippen LogP contribution in [0.25, 0.3) is 0 Å². The molecule has 9 nitrogen and oxygen atoms in total. The number of hydrogen-bond acceptors (Lipinski definition) is 7. The van der Waals surface area contributed by atoms with E-state index >= 15 is 0 Å². The van der Waals surface area contributed by atoms with Crippen LogP contribution in [-0.4, -0.2) is 45.2 Å². The third kappa shape index (κ3) is 4.00. The highest BCUT2D eigenvalue weighted by molar-refractivity contribution is 5.84. The van der Waals surface area contributed by atoms with Gasteiger partial charge >= 0.3 is 5.97 Å². The Bertz CT molecular complexity index is 755. The van der Waals surface area contributed by atoms with Crippen molar-refractivity contribution in [3.63, 3.8) is 0 Å². The SMILES string of the molecule is O=C(O)c1cnc(N2CCC(Oc3ccc([N+](=O)[O-])cc3)CC2)cn1. The third-order valence-corrected chi connectivity index (χ3v) is 3.97. The molecule has 2 aromatic rings. The lowest BCUT2D eigenvalue weighted by molar-refractivity contribution is -0.384. The number of benzene rings is 1. The number of rotatable bonds is 5. The monoisotopic (exact) mass is 344 g/mol. The Morgan fingerprint density at radius 1 is 1.20 bits per heavy atom. The van der Waals surface area contributed by atoms with Gasteiger partial charge in [0, 0.05) is 38.1 Å². The Balaban J connectivity index is 1.54. The number of piperidine rings is 1. The summed E-state index contributed by atoms with van der Waals surface area (Å²) in [6.07, 6.45) is 4.25. The van der Waals surface area contributed by atoms with E-state index in [0.29, 0.717) is 24.7 Å². The standard InChI is InChI=1S/C16H16N4O5/c21-16(22)14-9-18-15(10-17-14)19-7-5-13(6-8-19)25-12-3-1-11(2-4-12)20(23)24/h1-4,9-10,13H,5-8H2,(H,21,22). The molecule has 1 fully saturated rings. The van der Waals surface area contributed by atoms with Gasteiger partial charge in [0.1, 0.15) is 17.7 Å². The highest BCUT2D eigenvalue weighted by atomic mass is 16.6. The molecule has 130 valence electrons. The van der Waals surface area contributed by atoms with Gasteiger partial charge in [0.15, 0.2) is 5.69 Å². The van der Waals surface area contributed by atoms with Crippen molar-refractivity contribution in [3.8, 4) is 5.75 Å². The van der Waals surface area contributed by atoms with Crippen molar-refractivity contribution < 1.29 is 19.6 Å². The Kier molecular flexibility index (Phi) is 4.73. The Labute approximate surface area is 143 Å². The quantitative estimate of drug-likeness (QED) is 0.647. The number of hydrogen-bond donors (Lipinski definition) is 1. The fourth-order valence-electron chi connectivity index (χ4n) is 2.64. The molecule has 0 amide bonds. The summed E-state index contributed by atoms with van der Waals surface area (Å²) < 4.78 is 5.86. The average molecular weight is 344 g/mol. The first-order valence-corrected chi connectivity index (χ1v) is 7.74. The molecule has 1 saturated heterocycles. The number of nitro benzene ring substituents is 1. The second-order valence-corrected chi connectivity index (χ2v) is 5.62. The fraction of sp³-hybridized carbons (Fsp3) is 0.312. The summed E-state index contributed by atoms with van der Waals surface area (Å²) >= 11 is 0.